The lowest BCUT2D eigenvalue weighted by atomic mass is 10.2. The van der Waals surface area contributed by atoms with Crippen molar-refractivity contribution in [3.8, 4) is 0 Å². The van der Waals surface area contributed by atoms with Crippen molar-refractivity contribution in [2.24, 2.45) is 0 Å². The van der Waals surface area contributed by atoms with Crippen molar-refractivity contribution in [3.63, 3.8) is 0 Å². The number of hydrogen-bond donors (Lipinski definition) is 2. The molecule has 2 heterocycles. The monoisotopic (exact) mass is 277 g/mol. The fraction of sp³-hybridized carbons (Fsp3) is 0.364. The molecule has 17 heavy (non-hydrogen) atoms. The van der Waals surface area contributed by atoms with E-state index in [1.54, 1.807) is 0 Å². The van der Waals surface area contributed by atoms with Gasteiger partial charge in [-0.2, -0.15) is 0 Å². The molecule has 1 aromatic carbocycles. The van der Waals surface area contributed by atoms with Crippen LogP contribution in [0.15, 0.2) is 24.3 Å². The lowest BCUT2D eigenvalue weighted by Crippen LogP contribution is -3.00. The molecule has 1 saturated heterocycles. The second-order valence-electron chi connectivity index (χ2n) is 3.98. The Morgan fingerprint density at radius 2 is 2.00 bits per heavy atom. The summed E-state index contributed by atoms with van der Waals surface area (Å²) in [7, 11) is 0. The zero-order chi connectivity index (χ0) is 9.38. The van der Waals surface area contributed by atoms with E-state index < -0.39 is 0 Å². The van der Waals surface area contributed by atoms with Crippen LogP contribution in [-0.2, 0) is 0 Å². The Morgan fingerprint density at radius 1 is 1.24 bits per heavy atom. The summed E-state index contributed by atoms with van der Waals surface area (Å²) in [5.41, 5.74) is 2.42. The third-order valence-corrected chi connectivity index (χ3v) is 3.01. The molecular weight excluding hydrogens is 261 g/mol. The molecule has 0 bridgehead atoms. The Hall–Kier alpha value is -0.810. The van der Waals surface area contributed by atoms with Crippen LogP contribution in [0.25, 0.3) is 11.0 Å². The number of fused-ring (bicyclic) bond motifs is 1. The van der Waals surface area contributed by atoms with Gasteiger partial charge in [0.15, 0.2) is 17.1 Å². The molecule has 4 nitrogen and oxygen atoms in total. The van der Waals surface area contributed by atoms with Crippen molar-refractivity contribution < 1.29 is 40.6 Å². The normalized spacial score (nSPS) is 18.0. The van der Waals surface area contributed by atoms with E-state index in [0.29, 0.717) is 6.04 Å². The molecule has 0 aliphatic carbocycles. The molecule has 1 fully saturated rings. The minimum Gasteiger partial charge on any atom is -1.00 e. The molecule has 96 valence electrons. The van der Waals surface area contributed by atoms with Gasteiger partial charge < -0.3 is 35.6 Å². The summed E-state index contributed by atoms with van der Waals surface area (Å²) in [5, 5.41) is 2.40. The predicted octanol–water partition coefficient (Wildman–Crippen LogP) is -6.44. The average Bonchev–Trinajstić information content (AvgIpc) is 2.86. The SMILES string of the molecule is O.[Cl-].[Cl-].c1ccc2[nH+]c([C@H]3CCC[NH2+]3)[nH]c2c1. The van der Waals surface area contributed by atoms with Crippen LogP contribution >= 0.6 is 0 Å². The van der Waals surface area contributed by atoms with Gasteiger partial charge in [0.2, 0.25) is 0 Å². The van der Waals surface area contributed by atoms with Gasteiger partial charge >= 0.3 is 5.82 Å². The van der Waals surface area contributed by atoms with Crippen LogP contribution in [0, 0.1) is 0 Å². The fourth-order valence-electron chi connectivity index (χ4n) is 2.24. The zero-order valence-corrected chi connectivity index (χ0v) is 10.9. The van der Waals surface area contributed by atoms with Gasteiger partial charge in [-0.1, -0.05) is 12.1 Å². The number of quaternary nitrogens is 1. The summed E-state index contributed by atoms with van der Waals surface area (Å²) in [6, 6.07) is 8.97. The van der Waals surface area contributed by atoms with Gasteiger partial charge in [0.05, 0.1) is 6.54 Å². The van der Waals surface area contributed by atoms with Crippen LogP contribution in [0.2, 0.25) is 0 Å². The molecule has 6 heteroatoms. The quantitative estimate of drug-likeness (QED) is 0.520. The molecule has 1 aliphatic heterocycles. The van der Waals surface area contributed by atoms with Crippen molar-refractivity contribution in [1.29, 1.82) is 0 Å². The number of imidazole rings is 1. The fourth-order valence-corrected chi connectivity index (χ4v) is 2.24. The molecule has 0 saturated carbocycles. The van der Waals surface area contributed by atoms with Crippen molar-refractivity contribution >= 4 is 11.0 Å². The van der Waals surface area contributed by atoms with Crippen molar-refractivity contribution in [2.45, 2.75) is 18.9 Å². The predicted molar refractivity (Wildman–Crippen MR) is 57.2 cm³/mol. The molecule has 0 spiro atoms. The van der Waals surface area contributed by atoms with E-state index >= 15 is 0 Å². The van der Waals surface area contributed by atoms with Gasteiger partial charge in [0.1, 0.15) is 0 Å². The maximum absolute atomic E-state index is 3.45. The first-order valence-electron chi connectivity index (χ1n) is 5.27. The molecule has 1 aliphatic rings. The van der Waals surface area contributed by atoms with Gasteiger partial charge in [-0.05, 0) is 12.1 Å². The molecular formula is C11H17Cl2N3O. The van der Waals surface area contributed by atoms with Gasteiger partial charge in [-0.3, -0.25) is 0 Å². The van der Waals surface area contributed by atoms with Crippen LogP contribution in [0.5, 0.6) is 0 Å². The minimum atomic E-state index is 0. The summed E-state index contributed by atoms with van der Waals surface area (Å²) in [6.07, 6.45) is 2.61. The van der Waals surface area contributed by atoms with Crippen molar-refractivity contribution in [1.82, 2.24) is 4.98 Å². The van der Waals surface area contributed by atoms with E-state index in [-0.39, 0.29) is 30.3 Å². The number of nitrogens with two attached hydrogens (primary N) is 1. The van der Waals surface area contributed by atoms with Crippen LogP contribution in [-0.4, -0.2) is 17.0 Å². The average molecular weight is 278 g/mol. The van der Waals surface area contributed by atoms with Gasteiger partial charge in [-0.15, -0.1) is 0 Å². The largest absolute Gasteiger partial charge is 1.00 e. The third kappa shape index (κ3) is 3.10. The highest BCUT2D eigenvalue weighted by Crippen LogP contribution is 2.14. The number of para-hydroxylation sites is 2. The van der Waals surface area contributed by atoms with Crippen LogP contribution in [0.1, 0.15) is 24.7 Å². The van der Waals surface area contributed by atoms with E-state index in [4.69, 9.17) is 0 Å². The molecule has 0 amide bonds. The molecule has 2 aromatic rings. The summed E-state index contributed by atoms with van der Waals surface area (Å²) in [5.74, 6) is 1.27. The molecule has 1 aromatic heterocycles. The maximum Gasteiger partial charge on any atom is 0.312 e. The summed E-state index contributed by atoms with van der Waals surface area (Å²) < 4.78 is 0. The van der Waals surface area contributed by atoms with Crippen molar-refractivity contribution in [3.05, 3.63) is 30.1 Å². The first-order chi connectivity index (χ1) is 6.93. The van der Waals surface area contributed by atoms with Crippen LogP contribution in [0.4, 0.5) is 0 Å². The Morgan fingerprint density at radius 3 is 2.65 bits per heavy atom. The number of hydrogen-bond acceptors (Lipinski definition) is 0. The second kappa shape index (κ2) is 6.81. The summed E-state index contributed by atoms with van der Waals surface area (Å²) in [4.78, 5) is 6.90. The Labute approximate surface area is 112 Å². The Kier molecular flexibility index (Phi) is 6.49. The van der Waals surface area contributed by atoms with E-state index in [2.05, 4.69) is 39.6 Å². The first-order valence-corrected chi connectivity index (χ1v) is 5.27. The number of H-pyrrole nitrogens is 2. The number of nitrogens with one attached hydrogen (secondary N) is 2. The number of halogens is 2. The van der Waals surface area contributed by atoms with Crippen molar-refractivity contribution in [2.75, 3.05) is 6.54 Å². The third-order valence-electron chi connectivity index (χ3n) is 3.01. The molecule has 0 unspecified atom stereocenters. The Bertz CT molecular complexity index is 422. The Balaban J connectivity index is 0.000000853. The van der Waals surface area contributed by atoms with Gasteiger partial charge in [-0.25, -0.2) is 9.97 Å². The highest BCUT2D eigenvalue weighted by atomic mass is 35.5. The number of rotatable bonds is 1. The minimum absolute atomic E-state index is 0. The number of aromatic nitrogens is 2. The smallest absolute Gasteiger partial charge is 0.312 e. The van der Waals surface area contributed by atoms with E-state index in [1.807, 2.05) is 0 Å². The molecule has 6 N–H and O–H groups in total. The molecule has 1 atom stereocenters. The first kappa shape index (κ1) is 16.2. The van der Waals surface area contributed by atoms with Crippen LogP contribution in [0.3, 0.4) is 0 Å². The zero-order valence-electron chi connectivity index (χ0n) is 9.34. The van der Waals surface area contributed by atoms with Gasteiger partial charge in [0.25, 0.3) is 0 Å². The lowest BCUT2D eigenvalue weighted by molar-refractivity contribution is -0.687. The van der Waals surface area contributed by atoms with E-state index in [0.717, 1.165) is 0 Å². The second-order valence-corrected chi connectivity index (χ2v) is 3.98. The number of aromatic amines is 2. The van der Waals surface area contributed by atoms with E-state index in [9.17, 15) is 0 Å². The topological polar surface area (TPSA) is 78.0 Å². The molecule has 0 radical (unpaired) electrons. The highest BCUT2D eigenvalue weighted by Gasteiger charge is 2.27. The highest BCUT2D eigenvalue weighted by molar-refractivity contribution is 5.70. The van der Waals surface area contributed by atoms with Gasteiger partial charge in [0, 0.05) is 12.8 Å². The maximum atomic E-state index is 3.45. The number of benzene rings is 1. The van der Waals surface area contributed by atoms with E-state index in [1.165, 1.54) is 36.2 Å². The van der Waals surface area contributed by atoms with Crippen LogP contribution < -0.4 is 35.1 Å². The molecule has 3 rings (SSSR count). The summed E-state index contributed by atoms with van der Waals surface area (Å²) >= 11 is 0. The standard InChI is InChI=1S/C11H13N3.2ClH.H2O/c1-2-5-9-8(4-1)13-11(14-9)10-6-3-7-12-10;;;/h1-2,4-5,10,12H,3,6-7H2,(H,13,14);2*1H;1H2/t10-;;;/m1.../s1. The lowest BCUT2D eigenvalue weighted by Gasteiger charge is -1.95. The summed E-state index contributed by atoms with van der Waals surface area (Å²) in [6.45, 7) is 1.26.